The first-order chi connectivity index (χ1) is 14.9. The van der Waals surface area contributed by atoms with Crippen LogP contribution in [0.1, 0.15) is 23.2 Å². The van der Waals surface area contributed by atoms with Gasteiger partial charge in [-0.25, -0.2) is 4.79 Å². The summed E-state index contributed by atoms with van der Waals surface area (Å²) in [6.07, 6.45) is 1.77. The summed E-state index contributed by atoms with van der Waals surface area (Å²) in [6.45, 7) is -0.492. The van der Waals surface area contributed by atoms with E-state index in [0.29, 0.717) is 28.6 Å². The SMILES string of the molecule is COc1cc(NC(=O)COC(=O)c2cccc(NC(=O)C3CC3)c2)cc(OC)c1OC. The van der Waals surface area contributed by atoms with Crippen molar-refractivity contribution in [2.24, 2.45) is 5.92 Å². The van der Waals surface area contributed by atoms with Crippen molar-refractivity contribution in [2.45, 2.75) is 12.8 Å². The van der Waals surface area contributed by atoms with Gasteiger partial charge in [0.2, 0.25) is 11.7 Å². The zero-order chi connectivity index (χ0) is 22.4. The van der Waals surface area contributed by atoms with E-state index in [2.05, 4.69) is 10.6 Å². The van der Waals surface area contributed by atoms with E-state index in [4.69, 9.17) is 18.9 Å². The third kappa shape index (κ3) is 5.65. The molecule has 164 valence electrons. The van der Waals surface area contributed by atoms with Crippen molar-refractivity contribution in [3.8, 4) is 17.2 Å². The summed E-state index contributed by atoms with van der Waals surface area (Å²) in [7, 11) is 4.40. The highest BCUT2D eigenvalue weighted by Crippen LogP contribution is 2.39. The molecule has 0 radical (unpaired) electrons. The molecule has 1 aliphatic carbocycles. The Morgan fingerprint density at radius 2 is 1.58 bits per heavy atom. The Morgan fingerprint density at radius 3 is 2.16 bits per heavy atom. The monoisotopic (exact) mass is 428 g/mol. The van der Waals surface area contributed by atoms with E-state index >= 15 is 0 Å². The lowest BCUT2D eigenvalue weighted by molar-refractivity contribution is -0.119. The zero-order valence-corrected chi connectivity index (χ0v) is 17.5. The normalized spacial score (nSPS) is 12.5. The molecule has 2 N–H and O–H groups in total. The summed E-state index contributed by atoms with van der Waals surface area (Å²) in [5.41, 5.74) is 1.13. The van der Waals surface area contributed by atoms with E-state index < -0.39 is 18.5 Å². The molecule has 3 rings (SSSR count). The Kier molecular flexibility index (Phi) is 6.96. The number of carbonyl (C=O) groups excluding carboxylic acids is 3. The van der Waals surface area contributed by atoms with Gasteiger partial charge in [-0.1, -0.05) is 6.07 Å². The van der Waals surface area contributed by atoms with Gasteiger partial charge in [0.05, 0.1) is 26.9 Å². The molecule has 0 saturated heterocycles. The van der Waals surface area contributed by atoms with Gasteiger partial charge in [-0.05, 0) is 31.0 Å². The van der Waals surface area contributed by atoms with Crippen LogP contribution in [0.4, 0.5) is 11.4 Å². The number of nitrogens with one attached hydrogen (secondary N) is 2. The first-order valence-electron chi connectivity index (χ1n) is 9.63. The van der Waals surface area contributed by atoms with Gasteiger partial charge < -0.3 is 29.6 Å². The van der Waals surface area contributed by atoms with Gasteiger partial charge in [0, 0.05) is 29.4 Å². The maximum Gasteiger partial charge on any atom is 0.338 e. The van der Waals surface area contributed by atoms with E-state index in [1.54, 1.807) is 30.3 Å². The third-order valence-corrected chi connectivity index (χ3v) is 4.60. The van der Waals surface area contributed by atoms with Crippen molar-refractivity contribution in [2.75, 3.05) is 38.6 Å². The standard InChI is InChI=1S/C22H24N2O7/c1-28-17-10-16(11-18(29-2)20(17)30-3)23-19(25)12-31-22(27)14-5-4-6-15(9-14)24-21(26)13-7-8-13/h4-6,9-11,13H,7-8,12H2,1-3H3,(H,23,25)(H,24,26). The second kappa shape index (κ2) is 9.84. The Bertz CT molecular complexity index is 961. The van der Waals surface area contributed by atoms with Gasteiger partial charge in [-0.3, -0.25) is 9.59 Å². The molecule has 2 aromatic rings. The van der Waals surface area contributed by atoms with Crippen LogP contribution in [-0.4, -0.2) is 45.7 Å². The molecule has 0 unspecified atom stereocenters. The summed E-state index contributed by atoms with van der Waals surface area (Å²) in [5, 5.41) is 5.39. The van der Waals surface area contributed by atoms with E-state index in [1.165, 1.54) is 27.4 Å². The highest BCUT2D eigenvalue weighted by Gasteiger charge is 2.29. The average Bonchev–Trinajstić information content (AvgIpc) is 3.62. The molecule has 2 amide bonds. The van der Waals surface area contributed by atoms with Gasteiger partial charge in [-0.15, -0.1) is 0 Å². The highest BCUT2D eigenvalue weighted by atomic mass is 16.5. The summed E-state index contributed by atoms with van der Waals surface area (Å²) < 4.78 is 20.8. The molecular weight excluding hydrogens is 404 g/mol. The number of hydrogen-bond donors (Lipinski definition) is 2. The summed E-state index contributed by atoms with van der Waals surface area (Å²) >= 11 is 0. The minimum absolute atomic E-state index is 0.0505. The van der Waals surface area contributed by atoms with Crippen LogP contribution in [-0.2, 0) is 14.3 Å². The minimum Gasteiger partial charge on any atom is -0.493 e. The summed E-state index contributed by atoms with van der Waals surface area (Å²) in [4.78, 5) is 36.4. The maximum atomic E-state index is 12.3. The smallest absolute Gasteiger partial charge is 0.338 e. The van der Waals surface area contributed by atoms with E-state index in [0.717, 1.165) is 12.8 Å². The minimum atomic E-state index is -0.678. The number of anilines is 2. The molecule has 1 fully saturated rings. The van der Waals surface area contributed by atoms with Crippen LogP contribution >= 0.6 is 0 Å². The van der Waals surface area contributed by atoms with Crippen LogP contribution in [0.3, 0.4) is 0 Å². The fourth-order valence-electron chi connectivity index (χ4n) is 2.88. The Morgan fingerprint density at radius 1 is 0.903 bits per heavy atom. The molecule has 0 aromatic heterocycles. The summed E-state index contributed by atoms with van der Waals surface area (Å²) in [5.74, 6) is -0.0883. The number of esters is 1. The molecule has 2 aromatic carbocycles. The number of ether oxygens (including phenoxy) is 4. The van der Waals surface area contributed by atoms with Crippen LogP contribution in [0.2, 0.25) is 0 Å². The van der Waals surface area contributed by atoms with E-state index in [9.17, 15) is 14.4 Å². The van der Waals surface area contributed by atoms with Crippen LogP contribution in [0, 0.1) is 5.92 Å². The number of benzene rings is 2. The fraction of sp³-hybridized carbons (Fsp3) is 0.318. The number of rotatable bonds is 9. The van der Waals surface area contributed by atoms with Gasteiger partial charge in [0.1, 0.15) is 0 Å². The number of carbonyl (C=O) groups is 3. The van der Waals surface area contributed by atoms with Crippen molar-refractivity contribution in [1.82, 2.24) is 0 Å². The summed E-state index contributed by atoms with van der Waals surface area (Å²) in [6, 6.07) is 9.51. The maximum absolute atomic E-state index is 12.3. The molecule has 0 aliphatic heterocycles. The third-order valence-electron chi connectivity index (χ3n) is 4.60. The topological polar surface area (TPSA) is 112 Å². The number of methoxy groups -OCH3 is 3. The lowest BCUT2D eigenvalue weighted by Crippen LogP contribution is -2.21. The first-order valence-corrected chi connectivity index (χ1v) is 9.63. The van der Waals surface area contributed by atoms with Crippen LogP contribution in [0.15, 0.2) is 36.4 Å². The Hall–Kier alpha value is -3.75. The highest BCUT2D eigenvalue weighted by molar-refractivity contribution is 5.98. The lowest BCUT2D eigenvalue weighted by atomic mass is 10.2. The van der Waals surface area contributed by atoms with Crippen molar-refractivity contribution >= 4 is 29.2 Å². The predicted molar refractivity (Wildman–Crippen MR) is 113 cm³/mol. The second-order valence-corrected chi connectivity index (χ2v) is 6.88. The molecule has 31 heavy (non-hydrogen) atoms. The molecule has 0 atom stereocenters. The molecule has 0 spiro atoms. The van der Waals surface area contributed by atoms with E-state index in [1.807, 2.05) is 0 Å². The van der Waals surface area contributed by atoms with Crippen molar-refractivity contribution < 1.29 is 33.3 Å². The first kappa shape index (κ1) is 21.9. The van der Waals surface area contributed by atoms with E-state index in [-0.39, 0.29) is 17.4 Å². The van der Waals surface area contributed by atoms with Crippen molar-refractivity contribution in [1.29, 1.82) is 0 Å². The van der Waals surface area contributed by atoms with Gasteiger partial charge in [0.25, 0.3) is 5.91 Å². The number of amides is 2. The average molecular weight is 428 g/mol. The molecule has 1 aliphatic rings. The zero-order valence-electron chi connectivity index (χ0n) is 17.5. The predicted octanol–water partition coefficient (Wildman–Crippen LogP) is 2.86. The largest absolute Gasteiger partial charge is 0.493 e. The molecule has 1 saturated carbocycles. The van der Waals surface area contributed by atoms with Crippen LogP contribution < -0.4 is 24.8 Å². The molecule has 0 bridgehead atoms. The van der Waals surface area contributed by atoms with Crippen molar-refractivity contribution in [3.05, 3.63) is 42.0 Å². The number of hydrogen-bond acceptors (Lipinski definition) is 7. The fourth-order valence-corrected chi connectivity index (χ4v) is 2.88. The van der Waals surface area contributed by atoms with Gasteiger partial charge in [-0.2, -0.15) is 0 Å². The molecule has 0 heterocycles. The molecule has 9 heteroatoms. The lowest BCUT2D eigenvalue weighted by Gasteiger charge is -2.14. The van der Waals surface area contributed by atoms with Gasteiger partial charge >= 0.3 is 5.97 Å². The van der Waals surface area contributed by atoms with Crippen molar-refractivity contribution in [3.63, 3.8) is 0 Å². The van der Waals surface area contributed by atoms with Gasteiger partial charge in [0.15, 0.2) is 18.1 Å². The van der Waals surface area contributed by atoms with Crippen LogP contribution in [0.25, 0.3) is 0 Å². The Balaban J connectivity index is 1.58. The Labute approximate surface area is 179 Å². The molecule has 9 nitrogen and oxygen atoms in total. The quantitative estimate of drug-likeness (QED) is 0.591. The molecular formula is C22H24N2O7. The van der Waals surface area contributed by atoms with Crippen LogP contribution in [0.5, 0.6) is 17.2 Å². The second-order valence-electron chi connectivity index (χ2n) is 6.88.